The van der Waals surface area contributed by atoms with E-state index in [1.54, 1.807) is 6.07 Å². The lowest BCUT2D eigenvalue weighted by Crippen LogP contribution is -2.26. The SMILES string of the molecule is FC(F)SCc1ccc(CNCC2CC3CCC2C3)o1. The third kappa shape index (κ3) is 3.55. The summed E-state index contributed by atoms with van der Waals surface area (Å²) >= 11 is 0.603. The average Bonchev–Trinajstić information content (AvgIpc) is 3.12. The fourth-order valence-electron chi connectivity index (χ4n) is 3.75. The maximum Gasteiger partial charge on any atom is 0.284 e. The second-order valence-electron chi connectivity index (χ2n) is 6.01. The highest BCUT2D eigenvalue weighted by Gasteiger charge is 2.38. The van der Waals surface area contributed by atoms with Gasteiger partial charge in [-0.2, -0.15) is 8.78 Å². The van der Waals surface area contributed by atoms with Crippen LogP contribution in [0, 0.1) is 17.8 Å². The molecule has 1 N–H and O–H groups in total. The summed E-state index contributed by atoms with van der Waals surface area (Å²) in [4.78, 5) is 0. The molecule has 2 saturated carbocycles. The zero-order valence-electron chi connectivity index (χ0n) is 11.5. The molecule has 2 bridgehead atoms. The second-order valence-corrected chi connectivity index (χ2v) is 6.98. The summed E-state index contributed by atoms with van der Waals surface area (Å²) in [5.41, 5.74) is 0. The van der Waals surface area contributed by atoms with Crippen LogP contribution < -0.4 is 5.32 Å². The Bertz CT molecular complexity index is 437. The minimum Gasteiger partial charge on any atom is -0.464 e. The van der Waals surface area contributed by atoms with Crippen molar-refractivity contribution >= 4 is 11.8 Å². The molecule has 0 radical (unpaired) electrons. The number of hydrogen-bond donors (Lipinski definition) is 1. The van der Waals surface area contributed by atoms with Crippen molar-refractivity contribution in [3.63, 3.8) is 0 Å². The van der Waals surface area contributed by atoms with Crippen molar-refractivity contribution < 1.29 is 13.2 Å². The molecule has 5 heteroatoms. The molecule has 112 valence electrons. The van der Waals surface area contributed by atoms with Crippen LogP contribution in [-0.2, 0) is 12.3 Å². The van der Waals surface area contributed by atoms with E-state index in [9.17, 15) is 8.78 Å². The van der Waals surface area contributed by atoms with E-state index in [4.69, 9.17) is 4.42 Å². The Morgan fingerprint density at radius 1 is 1.25 bits per heavy atom. The predicted molar refractivity (Wildman–Crippen MR) is 76.7 cm³/mol. The smallest absolute Gasteiger partial charge is 0.284 e. The number of hydrogen-bond acceptors (Lipinski definition) is 3. The van der Waals surface area contributed by atoms with Gasteiger partial charge in [0.25, 0.3) is 5.76 Å². The lowest BCUT2D eigenvalue weighted by atomic mass is 9.89. The lowest BCUT2D eigenvalue weighted by Gasteiger charge is -2.21. The van der Waals surface area contributed by atoms with Crippen LogP contribution in [0.2, 0.25) is 0 Å². The average molecular weight is 301 g/mol. The fourth-order valence-corrected chi connectivity index (χ4v) is 4.19. The van der Waals surface area contributed by atoms with Gasteiger partial charge in [-0.05, 0) is 55.7 Å². The predicted octanol–water partition coefficient (Wildman–Crippen LogP) is 4.26. The van der Waals surface area contributed by atoms with Gasteiger partial charge in [0.2, 0.25) is 0 Å². The molecule has 2 aliphatic rings. The molecule has 2 aliphatic carbocycles. The van der Waals surface area contributed by atoms with Gasteiger partial charge in [-0.15, -0.1) is 0 Å². The first-order valence-electron chi connectivity index (χ1n) is 7.39. The molecule has 1 heterocycles. The highest BCUT2D eigenvalue weighted by Crippen LogP contribution is 2.47. The van der Waals surface area contributed by atoms with E-state index >= 15 is 0 Å². The van der Waals surface area contributed by atoms with Crippen molar-refractivity contribution in [2.75, 3.05) is 6.54 Å². The maximum atomic E-state index is 12.1. The van der Waals surface area contributed by atoms with E-state index in [1.807, 2.05) is 6.07 Å². The van der Waals surface area contributed by atoms with E-state index in [0.29, 0.717) is 24.1 Å². The monoisotopic (exact) mass is 301 g/mol. The van der Waals surface area contributed by atoms with Gasteiger partial charge in [-0.3, -0.25) is 0 Å². The Hall–Kier alpha value is -0.550. The van der Waals surface area contributed by atoms with Gasteiger partial charge in [0, 0.05) is 0 Å². The van der Waals surface area contributed by atoms with Crippen molar-refractivity contribution in [3.05, 3.63) is 23.7 Å². The summed E-state index contributed by atoms with van der Waals surface area (Å²) in [6, 6.07) is 3.68. The third-order valence-corrected chi connectivity index (χ3v) is 5.36. The van der Waals surface area contributed by atoms with Gasteiger partial charge in [0.05, 0.1) is 12.3 Å². The number of rotatable bonds is 7. The minimum atomic E-state index is -2.33. The Morgan fingerprint density at radius 3 is 2.80 bits per heavy atom. The summed E-state index contributed by atoms with van der Waals surface area (Å²) in [7, 11) is 0. The Labute approximate surface area is 122 Å². The van der Waals surface area contributed by atoms with Gasteiger partial charge >= 0.3 is 0 Å². The molecule has 1 aromatic heterocycles. The molecule has 3 rings (SSSR count). The molecule has 0 spiro atoms. The van der Waals surface area contributed by atoms with Crippen LogP contribution in [0.5, 0.6) is 0 Å². The summed E-state index contributed by atoms with van der Waals surface area (Å²) in [6.07, 6.45) is 5.66. The van der Waals surface area contributed by atoms with E-state index in [-0.39, 0.29) is 5.75 Å². The normalized spacial score (nSPS) is 28.6. The van der Waals surface area contributed by atoms with E-state index in [1.165, 1.54) is 25.7 Å². The third-order valence-electron chi connectivity index (χ3n) is 4.66. The second kappa shape index (κ2) is 6.48. The summed E-state index contributed by atoms with van der Waals surface area (Å²) < 4.78 is 29.7. The highest BCUT2D eigenvalue weighted by atomic mass is 32.2. The summed E-state index contributed by atoms with van der Waals surface area (Å²) in [5, 5.41) is 3.46. The van der Waals surface area contributed by atoms with Crippen molar-refractivity contribution in [2.45, 2.75) is 43.7 Å². The van der Waals surface area contributed by atoms with Gasteiger partial charge in [-0.1, -0.05) is 18.2 Å². The van der Waals surface area contributed by atoms with Crippen LogP contribution in [-0.4, -0.2) is 12.3 Å². The highest BCUT2D eigenvalue weighted by molar-refractivity contribution is 7.98. The van der Waals surface area contributed by atoms with Crippen LogP contribution in [0.15, 0.2) is 16.5 Å². The Morgan fingerprint density at radius 2 is 2.10 bits per heavy atom. The summed E-state index contributed by atoms with van der Waals surface area (Å²) in [5.74, 6) is 2.13. The molecule has 3 atom stereocenters. The Kier molecular flexibility index (Phi) is 4.66. The molecule has 0 aliphatic heterocycles. The zero-order valence-corrected chi connectivity index (χ0v) is 12.3. The van der Waals surface area contributed by atoms with Crippen LogP contribution in [0.3, 0.4) is 0 Å². The molecule has 2 fully saturated rings. The molecule has 20 heavy (non-hydrogen) atoms. The quantitative estimate of drug-likeness (QED) is 0.814. The molecule has 2 nitrogen and oxygen atoms in total. The zero-order chi connectivity index (χ0) is 13.9. The van der Waals surface area contributed by atoms with Crippen molar-refractivity contribution in [2.24, 2.45) is 17.8 Å². The first-order chi connectivity index (χ1) is 9.70. The summed E-state index contributed by atoms with van der Waals surface area (Å²) in [6.45, 7) is 1.76. The molecule has 0 saturated heterocycles. The molecular weight excluding hydrogens is 280 g/mol. The molecule has 0 aromatic carbocycles. The number of halogens is 2. The standard InChI is InChI=1S/C15H21F2NOS/c16-15(17)20-9-14-4-3-13(19-14)8-18-7-12-6-10-1-2-11(12)5-10/h3-4,10-12,15,18H,1-2,5-9H2. The number of fused-ring (bicyclic) bond motifs is 2. The van der Waals surface area contributed by atoms with Gasteiger partial charge in [0.15, 0.2) is 0 Å². The number of alkyl halides is 2. The topological polar surface area (TPSA) is 25.2 Å². The van der Waals surface area contributed by atoms with Crippen LogP contribution in [0.25, 0.3) is 0 Å². The van der Waals surface area contributed by atoms with Gasteiger partial charge in [-0.25, -0.2) is 0 Å². The van der Waals surface area contributed by atoms with Gasteiger partial charge < -0.3 is 9.73 Å². The van der Waals surface area contributed by atoms with E-state index in [0.717, 1.165) is 30.1 Å². The lowest BCUT2D eigenvalue weighted by molar-refractivity contribution is 0.251. The molecule has 3 unspecified atom stereocenters. The van der Waals surface area contributed by atoms with Crippen LogP contribution >= 0.6 is 11.8 Å². The van der Waals surface area contributed by atoms with Crippen molar-refractivity contribution in [1.82, 2.24) is 5.32 Å². The van der Waals surface area contributed by atoms with Crippen LogP contribution in [0.4, 0.5) is 8.78 Å². The fraction of sp³-hybridized carbons (Fsp3) is 0.733. The maximum absolute atomic E-state index is 12.1. The van der Waals surface area contributed by atoms with Gasteiger partial charge in [0.1, 0.15) is 11.5 Å². The Balaban J connectivity index is 1.38. The van der Waals surface area contributed by atoms with E-state index in [2.05, 4.69) is 5.32 Å². The van der Waals surface area contributed by atoms with E-state index < -0.39 is 5.76 Å². The van der Waals surface area contributed by atoms with Crippen molar-refractivity contribution in [1.29, 1.82) is 0 Å². The largest absolute Gasteiger partial charge is 0.464 e. The number of furan rings is 1. The first-order valence-corrected chi connectivity index (χ1v) is 8.43. The number of nitrogens with one attached hydrogen (secondary N) is 1. The first kappa shape index (κ1) is 14.4. The minimum absolute atomic E-state index is 0.240. The number of thioether (sulfide) groups is 1. The van der Waals surface area contributed by atoms with Crippen molar-refractivity contribution in [3.8, 4) is 0 Å². The molecule has 1 aromatic rings. The molecular formula is C15H21F2NOS. The van der Waals surface area contributed by atoms with Crippen LogP contribution in [0.1, 0.15) is 37.2 Å². The molecule has 0 amide bonds.